The molecule has 1 heterocycles. The summed E-state index contributed by atoms with van der Waals surface area (Å²) >= 11 is 5.29. The van der Waals surface area contributed by atoms with Crippen LogP contribution in [0.25, 0.3) is 0 Å². The minimum Gasteiger partial charge on any atom is -0.314 e. The van der Waals surface area contributed by atoms with Crippen LogP contribution in [0.4, 0.5) is 0 Å². The molecule has 1 fully saturated rings. The molecule has 4 heteroatoms. The van der Waals surface area contributed by atoms with Crippen LogP contribution in [0.15, 0.2) is 15.2 Å². The normalized spacial score (nSPS) is 19.2. The number of halogens is 1. The average Bonchev–Trinajstić information content (AvgIpc) is 3.08. The van der Waals surface area contributed by atoms with Gasteiger partial charge in [-0.1, -0.05) is 6.92 Å². The van der Waals surface area contributed by atoms with Crippen LogP contribution in [-0.4, -0.2) is 30.6 Å². The number of nitrogens with one attached hydrogen (secondary N) is 1. The first kappa shape index (κ1) is 14.5. The van der Waals surface area contributed by atoms with Crippen molar-refractivity contribution in [2.75, 3.05) is 13.6 Å². The zero-order valence-corrected chi connectivity index (χ0v) is 13.9. The van der Waals surface area contributed by atoms with Crippen LogP contribution in [0.5, 0.6) is 0 Å². The van der Waals surface area contributed by atoms with Gasteiger partial charge < -0.3 is 5.32 Å². The van der Waals surface area contributed by atoms with Crippen molar-refractivity contribution in [1.29, 1.82) is 0 Å². The van der Waals surface area contributed by atoms with Gasteiger partial charge in [-0.2, -0.15) is 0 Å². The zero-order valence-electron chi connectivity index (χ0n) is 11.4. The lowest BCUT2D eigenvalue weighted by Gasteiger charge is -2.30. The highest BCUT2D eigenvalue weighted by Crippen LogP contribution is 2.23. The molecule has 0 amide bonds. The van der Waals surface area contributed by atoms with Crippen LogP contribution in [0.2, 0.25) is 0 Å². The fraction of sp³-hybridized carbons (Fsp3) is 0.714. The van der Waals surface area contributed by atoms with Crippen molar-refractivity contribution >= 4 is 27.3 Å². The van der Waals surface area contributed by atoms with E-state index in [0.717, 1.165) is 19.1 Å². The third-order valence-corrected chi connectivity index (χ3v) is 5.43. The van der Waals surface area contributed by atoms with Gasteiger partial charge in [0.05, 0.1) is 3.79 Å². The van der Waals surface area contributed by atoms with Crippen molar-refractivity contribution in [3.05, 3.63) is 20.8 Å². The molecule has 0 aromatic carbocycles. The molecule has 0 aliphatic heterocycles. The molecule has 18 heavy (non-hydrogen) atoms. The molecule has 1 N–H and O–H groups in total. The van der Waals surface area contributed by atoms with E-state index in [4.69, 9.17) is 0 Å². The monoisotopic (exact) mass is 330 g/mol. The molecule has 2 nitrogen and oxygen atoms in total. The average molecular weight is 331 g/mol. The quantitative estimate of drug-likeness (QED) is 0.819. The summed E-state index contributed by atoms with van der Waals surface area (Å²) in [4.78, 5) is 2.45. The molecule has 2 atom stereocenters. The van der Waals surface area contributed by atoms with Crippen LogP contribution < -0.4 is 5.32 Å². The fourth-order valence-electron chi connectivity index (χ4n) is 2.11. The summed E-state index contributed by atoms with van der Waals surface area (Å²) < 4.78 is 1.22. The van der Waals surface area contributed by atoms with Crippen LogP contribution in [0, 0.1) is 5.92 Å². The van der Waals surface area contributed by atoms with Crippen LogP contribution in [-0.2, 0) is 6.54 Å². The lowest BCUT2D eigenvalue weighted by atomic mass is 10.0. The van der Waals surface area contributed by atoms with E-state index >= 15 is 0 Å². The Kier molecular flexibility index (Phi) is 5.24. The topological polar surface area (TPSA) is 15.3 Å². The molecule has 1 saturated carbocycles. The standard InChI is InChI=1S/C14H23BrN2S/c1-10(7-16-13-4-5-13)11(2)17(3)8-12-6-14(15)18-9-12/h6,9-11,13,16H,4-5,7-8H2,1-3H3. The minimum atomic E-state index is 0.606. The number of hydrogen-bond acceptors (Lipinski definition) is 3. The highest BCUT2D eigenvalue weighted by molar-refractivity contribution is 9.11. The summed E-state index contributed by atoms with van der Waals surface area (Å²) in [6.07, 6.45) is 2.75. The summed E-state index contributed by atoms with van der Waals surface area (Å²) in [5.41, 5.74) is 1.41. The van der Waals surface area contributed by atoms with Gasteiger partial charge in [-0.15, -0.1) is 11.3 Å². The molecule has 1 aromatic rings. The number of thiophene rings is 1. The van der Waals surface area contributed by atoms with Crippen LogP contribution in [0.3, 0.4) is 0 Å². The Morgan fingerprint density at radius 2 is 2.22 bits per heavy atom. The van der Waals surface area contributed by atoms with Crippen molar-refractivity contribution in [2.45, 2.75) is 45.3 Å². The summed E-state index contributed by atoms with van der Waals surface area (Å²) in [6.45, 7) is 6.86. The SMILES string of the molecule is CC(CNC1CC1)C(C)N(C)Cc1csc(Br)c1. The largest absolute Gasteiger partial charge is 0.314 e. The van der Waals surface area contributed by atoms with Gasteiger partial charge in [0.25, 0.3) is 0 Å². The maximum atomic E-state index is 3.63. The Bertz CT molecular complexity index is 376. The van der Waals surface area contributed by atoms with Crippen molar-refractivity contribution < 1.29 is 0 Å². The first-order valence-electron chi connectivity index (χ1n) is 6.73. The molecule has 2 unspecified atom stereocenters. The van der Waals surface area contributed by atoms with E-state index in [1.54, 1.807) is 11.3 Å². The number of nitrogens with zero attached hydrogens (tertiary/aromatic N) is 1. The maximum absolute atomic E-state index is 3.63. The van der Waals surface area contributed by atoms with Gasteiger partial charge in [0.2, 0.25) is 0 Å². The summed E-state index contributed by atoms with van der Waals surface area (Å²) in [7, 11) is 2.23. The molecule has 0 bridgehead atoms. The maximum Gasteiger partial charge on any atom is 0.0701 e. The Labute approximate surface area is 123 Å². The van der Waals surface area contributed by atoms with Crippen molar-refractivity contribution in [2.24, 2.45) is 5.92 Å². The predicted octanol–water partition coefficient (Wildman–Crippen LogP) is 3.72. The molecule has 1 aromatic heterocycles. The van der Waals surface area contributed by atoms with E-state index in [0.29, 0.717) is 12.0 Å². The Morgan fingerprint density at radius 3 is 2.78 bits per heavy atom. The Hall–Kier alpha value is 0.100. The molecule has 0 radical (unpaired) electrons. The second-order valence-corrected chi connectivity index (χ2v) is 7.87. The van der Waals surface area contributed by atoms with E-state index in [2.05, 4.69) is 58.5 Å². The van der Waals surface area contributed by atoms with E-state index in [1.165, 1.54) is 22.2 Å². The van der Waals surface area contributed by atoms with Crippen LogP contribution >= 0.6 is 27.3 Å². The highest BCUT2D eigenvalue weighted by atomic mass is 79.9. The van der Waals surface area contributed by atoms with Crippen molar-refractivity contribution in [3.63, 3.8) is 0 Å². The number of hydrogen-bond donors (Lipinski definition) is 1. The molecule has 102 valence electrons. The summed E-state index contributed by atoms with van der Waals surface area (Å²) in [6, 6.07) is 3.65. The Morgan fingerprint density at radius 1 is 1.50 bits per heavy atom. The van der Waals surface area contributed by atoms with Crippen LogP contribution in [0.1, 0.15) is 32.3 Å². The first-order chi connectivity index (χ1) is 8.56. The van der Waals surface area contributed by atoms with Gasteiger partial charge in [-0.3, -0.25) is 4.90 Å². The minimum absolute atomic E-state index is 0.606. The van der Waals surface area contributed by atoms with E-state index in [9.17, 15) is 0 Å². The summed E-state index contributed by atoms with van der Waals surface area (Å²) in [5, 5.41) is 5.86. The molecule has 0 saturated heterocycles. The first-order valence-corrected chi connectivity index (χ1v) is 8.40. The van der Waals surface area contributed by atoms with E-state index in [-0.39, 0.29) is 0 Å². The van der Waals surface area contributed by atoms with Gasteiger partial charge in [-0.25, -0.2) is 0 Å². The smallest absolute Gasteiger partial charge is 0.0701 e. The molecule has 1 aliphatic carbocycles. The molecule has 0 spiro atoms. The van der Waals surface area contributed by atoms with E-state index in [1.807, 2.05) is 0 Å². The predicted molar refractivity (Wildman–Crippen MR) is 83.1 cm³/mol. The third kappa shape index (κ3) is 4.34. The second kappa shape index (κ2) is 6.51. The lowest BCUT2D eigenvalue weighted by Crippen LogP contribution is -2.39. The highest BCUT2D eigenvalue weighted by Gasteiger charge is 2.23. The lowest BCUT2D eigenvalue weighted by molar-refractivity contribution is 0.188. The fourth-order valence-corrected chi connectivity index (χ4v) is 3.31. The van der Waals surface area contributed by atoms with Gasteiger partial charge in [0.1, 0.15) is 0 Å². The Balaban J connectivity index is 1.77. The molecule has 1 aliphatic rings. The van der Waals surface area contributed by atoms with Crippen molar-refractivity contribution in [1.82, 2.24) is 10.2 Å². The molecular formula is C14H23BrN2S. The molecule has 2 rings (SSSR count). The zero-order chi connectivity index (χ0) is 13.1. The third-order valence-electron chi connectivity index (χ3n) is 3.88. The van der Waals surface area contributed by atoms with Gasteiger partial charge in [0.15, 0.2) is 0 Å². The summed E-state index contributed by atoms with van der Waals surface area (Å²) in [5.74, 6) is 0.692. The second-order valence-electron chi connectivity index (χ2n) is 5.57. The molecular weight excluding hydrogens is 308 g/mol. The van der Waals surface area contributed by atoms with E-state index < -0.39 is 0 Å². The van der Waals surface area contributed by atoms with Gasteiger partial charge in [-0.05, 0) is 72.2 Å². The van der Waals surface area contributed by atoms with Gasteiger partial charge >= 0.3 is 0 Å². The number of rotatable bonds is 7. The van der Waals surface area contributed by atoms with Crippen molar-refractivity contribution in [3.8, 4) is 0 Å². The van der Waals surface area contributed by atoms with Gasteiger partial charge in [0, 0.05) is 18.6 Å².